The first-order valence-corrected chi connectivity index (χ1v) is 12.2. The molecular weight excluding hydrogens is 420 g/mol. The molecule has 0 unspecified atom stereocenters. The Bertz CT molecular complexity index is 801. The fraction of sp³-hybridized carbons (Fsp3) is 0.619. The number of nitrogens with zero attached hydrogens (tertiary/aromatic N) is 1. The van der Waals surface area contributed by atoms with Gasteiger partial charge >= 0.3 is 0 Å². The van der Waals surface area contributed by atoms with E-state index in [-0.39, 0.29) is 31.5 Å². The predicted octanol–water partition coefficient (Wildman–Crippen LogP) is -0.283. The van der Waals surface area contributed by atoms with E-state index in [9.17, 15) is 23.1 Å². The van der Waals surface area contributed by atoms with Crippen molar-refractivity contribution >= 4 is 21.8 Å². The molecule has 0 aliphatic carbocycles. The molecule has 0 aliphatic heterocycles. The second-order valence-corrected chi connectivity index (χ2v) is 10.1. The number of aliphatic hydroxyl groups excluding tert-OH is 1. The molecule has 4 N–H and O–H groups in total. The lowest BCUT2D eigenvalue weighted by Gasteiger charge is -2.30. The van der Waals surface area contributed by atoms with Gasteiger partial charge in [-0.15, -0.1) is 0 Å². The lowest BCUT2D eigenvalue weighted by molar-refractivity contribution is -0.129. The zero-order chi connectivity index (χ0) is 23.6. The molecule has 0 radical (unpaired) electrons. The summed E-state index contributed by atoms with van der Waals surface area (Å²) in [4.78, 5) is 24.4. The lowest BCUT2D eigenvalue weighted by Crippen LogP contribution is -2.55. The molecule has 0 saturated heterocycles. The minimum absolute atomic E-state index is 0.0755. The van der Waals surface area contributed by atoms with E-state index in [1.807, 2.05) is 44.2 Å². The van der Waals surface area contributed by atoms with Crippen LogP contribution in [0.1, 0.15) is 26.3 Å². The highest BCUT2D eigenvalue weighted by Gasteiger charge is 2.29. The molecule has 9 nitrogen and oxygen atoms in total. The Balaban J connectivity index is 2.99. The van der Waals surface area contributed by atoms with Crippen LogP contribution < -0.4 is 16.0 Å². The lowest BCUT2D eigenvalue weighted by atomic mass is 10.0. The van der Waals surface area contributed by atoms with Crippen molar-refractivity contribution in [2.45, 2.75) is 45.4 Å². The van der Waals surface area contributed by atoms with Gasteiger partial charge in [-0.2, -0.15) is 4.31 Å². The molecule has 3 atom stereocenters. The Morgan fingerprint density at radius 3 is 2.19 bits per heavy atom. The number of hydrogen-bond donors (Lipinski definition) is 4. The Morgan fingerprint density at radius 2 is 1.68 bits per heavy atom. The van der Waals surface area contributed by atoms with Gasteiger partial charge in [-0.05, 0) is 31.9 Å². The van der Waals surface area contributed by atoms with E-state index in [1.165, 1.54) is 4.31 Å². The summed E-state index contributed by atoms with van der Waals surface area (Å²) in [7, 11) is -1.91. The van der Waals surface area contributed by atoms with Crippen LogP contribution >= 0.6 is 0 Å². The van der Waals surface area contributed by atoms with Crippen molar-refractivity contribution in [2.75, 3.05) is 32.9 Å². The van der Waals surface area contributed by atoms with Gasteiger partial charge in [-0.3, -0.25) is 9.59 Å². The Hall–Kier alpha value is -2.01. The highest BCUT2D eigenvalue weighted by Crippen LogP contribution is 2.11. The number of nitrogens with one attached hydrogen (secondary N) is 3. The molecule has 176 valence electrons. The maximum atomic E-state index is 12.7. The van der Waals surface area contributed by atoms with E-state index in [0.717, 1.165) is 11.8 Å². The van der Waals surface area contributed by atoms with Crippen molar-refractivity contribution in [1.82, 2.24) is 20.3 Å². The number of rotatable bonds is 13. The minimum Gasteiger partial charge on any atom is -0.390 e. The van der Waals surface area contributed by atoms with E-state index in [1.54, 1.807) is 14.0 Å². The molecule has 1 rings (SSSR count). The summed E-state index contributed by atoms with van der Waals surface area (Å²) in [6.45, 7) is 5.53. The van der Waals surface area contributed by atoms with Crippen LogP contribution in [0.5, 0.6) is 0 Å². The number of carbonyl (C=O) groups is 2. The van der Waals surface area contributed by atoms with E-state index in [0.29, 0.717) is 6.42 Å². The molecular formula is C21H36N4O5S. The fourth-order valence-corrected chi connectivity index (χ4v) is 4.06. The molecule has 0 aliphatic rings. The second kappa shape index (κ2) is 12.7. The maximum absolute atomic E-state index is 12.7. The van der Waals surface area contributed by atoms with Gasteiger partial charge in [-0.25, -0.2) is 8.42 Å². The first kappa shape index (κ1) is 27.0. The van der Waals surface area contributed by atoms with Crippen LogP contribution in [0.25, 0.3) is 0 Å². The molecule has 0 heterocycles. The van der Waals surface area contributed by atoms with Crippen LogP contribution in [-0.4, -0.2) is 80.8 Å². The number of aliphatic hydroxyl groups is 1. The van der Waals surface area contributed by atoms with Crippen LogP contribution in [-0.2, 0) is 26.0 Å². The van der Waals surface area contributed by atoms with E-state index in [4.69, 9.17) is 0 Å². The summed E-state index contributed by atoms with van der Waals surface area (Å²) in [6, 6.07) is 7.74. The summed E-state index contributed by atoms with van der Waals surface area (Å²) in [5.74, 6) is -0.712. The third-order valence-corrected chi connectivity index (χ3v) is 5.86. The molecule has 1 aromatic rings. The quantitative estimate of drug-likeness (QED) is 0.323. The van der Waals surface area contributed by atoms with Gasteiger partial charge in [0.1, 0.15) is 6.04 Å². The van der Waals surface area contributed by atoms with Crippen molar-refractivity contribution in [3.8, 4) is 0 Å². The van der Waals surface area contributed by atoms with E-state index in [2.05, 4.69) is 16.0 Å². The highest BCUT2D eigenvalue weighted by molar-refractivity contribution is 7.88. The number of likely N-dealkylation sites (N-methyl/N-ethyl adjacent to an activating group) is 1. The van der Waals surface area contributed by atoms with Crippen LogP contribution in [0, 0.1) is 5.92 Å². The average Bonchev–Trinajstić information content (AvgIpc) is 2.66. The van der Waals surface area contributed by atoms with E-state index >= 15 is 0 Å². The largest absolute Gasteiger partial charge is 0.390 e. The van der Waals surface area contributed by atoms with Crippen LogP contribution in [0.3, 0.4) is 0 Å². The Kier molecular flexibility index (Phi) is 11.1. The van der Waals surface area contributed by atoms with Gasteiger partial charge in [-0.1, -0.05) is 44.2 Å². The fourth-order valence-electron chi connectivity index (χ4n) is 3.07. The van der Waals surface area contributed by atoms with Gasteiger partial charge in [0, 0.05) is 13.1 Å². The topological polar surface area (TPSA) is 128 Å². The third-order valence-electron chi connectivity index (χ3n) is 4.63. The summed E-state index contributed by atoms with van der Waals surface area (Å²) in [6.07, 6.45) is 0.272. The van der Waals surface area contributed by atoms with Crippen LogP contribution in [0.15, 0.2) is 30.3 Å². The van der Waals surface area contributed by atoms with Gasteiger partial charge in [0.2, 0.25) is 21.8 Å². The van der Waals surface area contributed by atoms with E-state index < -0.39 is 34.1 Å². The predicted molar refractivity (Wildman–Crippen MR) is 121 cm³/mol. The van der Waals surface area contributed by atoms with Gasteiger partial charge in [0.25, 0.3) is 0 Å². The third kappa shape index (κ3) is 10.2. The normalized spacial score (nSPS) is 14.8. The number of hydrogen-bond acceptors (Lipinski definition) is 6. The van der Waals surface area contributed by atoms with Crippen LogP contribution in [0.2, 0.25) is 0 Å². The van der Waals surface area contributed by atoms with Crippen molar-refractivity contribution in [2.24, 2.45) is 5.92 Å². The first-order valence-electron chi connectivity index (χ1n) is 10.4. The molecule has 0 saturated carbocycles. The van der Waals surface area contributed by atoms with Crippen molar-refractivity contribution in [3.63, 3.8) is 0 Å². The number of benzene rings is 1. The molecule has 0 bridgehead atoms. The Morgan fingerprint density at radius 1 is 1.06 bits per heavy atom. The molecule has 2 amide bonds. The number of amides is 2. The monoisotopic (exact) mass is 456 g/mol. The zero-order valence-corrected chi connectivity index (χ0v) is 19.8. The summed E-state index contributed by atoms with van der Waals surface area (Å²) in [5, 5.41) is 19.0. The standard InChI is InChI=1S/C21H36N4O5S/c1-15(2)13-25(31(5,29)30)14-19(26)18(11-17-9-7-6-8-10-17)24-21(28)16(3)23-20(27)12-22-4/h6-10,15-16,18-19,22,26H,11-14H2,1-5H3,(H,23,27)(H,24,28)/t16-,18-,19+/m0/s1. The molecule has 31 heavy (non-hydrogen) atoms. The van der Waals surface area contributed by atoms with Gasteiger partial charge in [0.15, 0.2) is 0 Å². The van der Waals surface area contributed by atoms with Gasteiger partial charge in [0.05, 0.1) is 24.9 Å². The maximum Gasteiger partial charge on any atom is 0.242 e. The number of sulfonamides is 1. The molecule has 1 aromatic carbocycles. The molecule has 10 heteroatoms. The molecule has 0 spiro atoms. The van der Waals surface area contributed by atoms with Crippen molar-refractivity contribution < 1.29 is 23.1 Å². The molecule has 0 aromatic heterocycles. The molecule has 0 fully saturated rings. The second-order valence-electron chi connectivity index (χ2n) is 8.17. The zero-order valence-electron chi connectivity index (χ0n) is 19.0. The SMILES string of the molecule is CNCC(=O)N[C@@H](C)C(=O)N[C@@H](Cc1ccccc1)[C@H](O)CN(CC(C)C)S(C)(=O)=O. The summed E-state index contributed by atoms with van der Waals surface area (Å²) >= 11 is 0. The average molecular weight is 457 g/mol. The summed E-state index contributed by atoms with van der Waals surface area (Å²) in [5.41, 5.74) is 0.883. The number of carbonyl (C=O) groups excluding carboxylic acids is 2. The van der Waals surface area contributed by atoms with Crippen LogP contribution in [0.4, 0.5) is 0 Å². The minimum atomic E-state index is -3.53. The van der Waals surface area contributed by atoms with Crippen molar-refractivity contribution in [1.29, 1.82) is 0 Å². The highest BCUT2D eigenvalue weighted by atomic mass is 32.2. The smallest absolute Gasteiger partial charge is 0.242 e. The van der Waals surface area contributed by atoms with Crippen molar-refractivity contribution in [3.05, 3.63) is 35.9 Å². The van der Waals surface area contributed by atoms with Gasteiger partial charge < -0.3 is 21.1 Å². The Labute approximate surface area is 185 Å². The summed E-state index contributed by atoms with van der Waals surface area (Å²) < 4.78 is 25.6. The first-order chi connectivity index (χ1) is 14.4.